The Bertz CT molecular complexity index is 1110. The molecule has 2 atom stereocenters. The van der Waals surface area contributed by atoms with Crippen molar-refractivity contribution in [2.45, 2.75) is 95.9 Å². The Balaban J connectivity index is 1.24. The summed E-state index contributed by atoms with van der Waals surface area (Å²) in [6, 6.07) is 27.0. The second kappa shape index (κ2) is 13.7. The molecule has 0 spiro atoms. The quantitative estimate of drug-likeness (QED) is 0.210. The summed E-state index contributed by atoms with van der Waals surface area (Å²) in [5, 5.41) is 10.0. The molecule has 2 fully saturated rings. The molecule has 39 heavy (non-hydrogen) atoms. The molecule has 0 saturated heterocycles. The van der Waals surface area contributed by atoms with E-state index in [0.29, 0.717) is 18.4 Å². The van der Waals surface area contributed by atoms with Crippen LogP contribution in [0.25, 0.3) is 0 Å². The Labute approximate surface area is 234 Å². The second-order valence-corrected chi connectivity index (χ2v) is 12.0. The van der Waals surface area contributed by atoms with Crippen LogP contribution in [-0.4, -0.2) is 5.26 Å². The molecule has 1 N–H and O–H groups in total. The summed E-state index contributed by atoms with van der Waals surface area (Å²) < 4.78 is 0. The normalized spacial score (nSPS) is 25.2. The Morgan fingerprint density at radius 1 is 0.615 bits per heavy atom. The minimum atomic E-state index is -0.719. The maximum Gasteiger partial charge on any atom is 0.151 e. The van der Waals surface area contributed by atoms with Crippen LogP contribution in [0.3, 0.4) is 0 Å². The zero-order chi connectivity index (χ0) is 27.0. The molecule has 2 saturated carbocycles. The lowest BCUT2D eigenvalue weighted by atomic mass is 9.79. The van der Waals surface area contributed by atoms with Crippen molar-refractivity contribution >= 4 is 0 Å². The Kier molecular flexibility index (Phi) is 9.86. The van der Waals surface area contributed by atoms with E-state index in [2.05, 4.69) is 62.4 Å². The topological polar surface area (TPSA) is 47.9 Å². The number of hydrogen-bond acceptors (Lipinski definition) is 4. The van der Waals surface area contributed by atoms with Crippen molar-refractivity contribution in [2.75, 3.05) is 0 Å². The van der Waals surface area contributed by atoms with E-state index in [-0.39, 0.29) is 0 Å². The third kappa shape index (κ3) is 7.37. The fraction of sp³-hybridized carbons (Fsp3) is 0.486. The van der Waals surface area contributed by atoms with Gasteiger partial charge >= 0.3 is 0 Å². The van der Waals surface area contributed by atoms with E-state index >= 15 is 0 Å². The highest BCUT2D eigenvalue weighted by Crippen LogP contribution is 2.39. The molecule has 2 aliphatic carbocycles. The largest absolute Gasteiger partial charge is 0.251 e. The number of rotatable bonds is 10. The molecule has 0 heterocycles. The molecule has 2 unspecified atom stereocenters. The van der Waals surface area contributed by atoms with Gasteiger partial charge in [0.25, 0.3) is 0 Å². The molecule has 3 aromatic rings. The van der Waals surface area contributed by atoms with Crippen LogP contribution in [0, 0.1) is 11.8 Å². The van der Waals surface area contributed by atoms with Crippen LogP contribution in [0.4, 0.5) is 0 Å². The van der Waals surface area contributed by atoms with E-state index < -0.39 is 12.2 Å². The maximum atomic E-state index is 10.0. The van der Waals surface area contributed by atoms with Crippen LogP contribution in [0.5, 0.6) is 0 Å². The third-order valence-electron chi connectivity index (χ3n) is 9.13. The third-order valence-corrected chi connectivity index (χ3v) is 9.13. The van der Waals surface area contributed by atoms with Gasteiger partial charge in [0.2, 0.25) is 0 Å². The van der Waals surface area contributed by atoms with Gasteiger partial charge in [0.15, 0.2) is 12.2 Å². The van der Waals surface area contributed by atoms with Crippen LogP contribution < -0.4 is 0 Å². The van der Waals surface area contributed by atoms with Crippen molar-refractivity contribution in [3.63, 3.8) is 0 Å². The molecule has 0 aliphatic heterocycles. The molecule has 0 aromatic heterocycles. The molecule has 4 nitrogen and oxygen atoms in total. The Morgan fingerprint density at radius 2 is 1.10 bits per heavy atom. The van der Waals surface area contributed by atoms with E-state index in [1.807, 2.05) is 30.3 Å². The Morgan fingerprint density at radius 3 is 1.62 bits per heavy atom. The average Bonchev–Trinajstić information content (AvgIpc) is 2.99. The van der Waals surface area contributed by atoms with E-state index in [0.717, 1.165) is 28.5 Å². The monoisotopic (exact) mass is 528 g/mol. The first-order valence-electron chi connectivity index (χ1n) is 14.9. The fourth-order valence-electron chi connectivity index (χ4n) is 6.42. The smallest absolute Gasteiger partial charge is 0.151 e. The van der Waals surface area contributed by atoms with Gasteiger partial charge in [0, 0.05) is 0 Å². The molecule has 2 aliphatic rings. The van der Waals surface area contributed by atoms with Gasteiger partial charge in [-0.15, -0.1) is 0 Å². The van der Waals surface area contributed by atoms with Gasteiger partial charge in [-0.25, -0.2) is 14.7 Å². The van der Waals surface area contributed by atoms with Gasteiger partial charge < -0.3 is 0 Å². The first-order chi connectivity index (χ1) is 19.1. The lowest BCUT2D eigenvalue weighted by Gasteiger charge is -2.27. The van der Waals surface area contributed by atoms with E-state index in [1.54, 1.807) is 0 Å². The summed E-state index contributed by atoms with van der Waals surface area (Å²) in [5.74, 6) is 2.97. The van der Waals surface area contributed by atoms with Crippen molar-refractivity contribution in [1.29, 1.82) is 0 Å². The molecular formula is C35H44O4. The maximum absolute atomic E-state index is 10.0. The van der Waals surface area contributed by atoms with Crippen molar-refractivity contribution in [3.8, 4) is 0 Å². The van der Waals surface area contributed by atoms with Crippen molar-refractivity contribution < 1.29 is 19.9 Å². The van der Waals surface area contributed by atoms with E-state index in [4.69, 9.17) is 14.7 Å². The zero-order valence-corrected chi connectivity index (χ0v) is 23.5. The molecular weight excluding hydrogens is 484 g/mol. The minimum Gasteiger partial charge on any atom is -0.251 e. The molecule has 0 bridgehead atoms. The highest BCUT2D eigenvalue weighted by Gasteiger charge is 2.29. The summed E-state index contributed by atoms with van der Waals surface area (Å²) in [6.45, 7) is 5.03. The van der Waals surface area contributed by atoms with Crippen molar-refractivity contribution in [2.24, 2.45) is 11.8 Å². The molecule has 5 rings (SSSR count). The highest BCUT2D eigenvalue weighted by molar-refractivity contribution is 5.30. The SMILES string of the molecule is CC1CCC(c2ccc(COOC(c3ccccc3)C(OO)c3ccc(C4CCC(C)CC4)cc3)cc2)CC1. The Hall–Kier alpha value is -2.50. The van der Waals surface area contributed by atoms with Gasteiger partial charge in [-0.1, -0.05) is 118 Å². The molecule has 0 amide bonds. The fourth-order valence-corrected chi connectivity index (χ4v) is 6.42. The summed E-state index contributed by atoms with van der Waals surface area (Å²) in [5.41, 5.74) is 5.58. The van der Waals surface area contributed by atoms with Gasteiger partial charge in [-0.2, -0.15) is 0 Å². The molecule has 4 heteroatoms. The summed E-state index contributed by atoms with van der Waals surface area (Å²) in [7, 11) is 0. The predicted molar refractivity (Wildman–Crippen MR) is 155 cm³/mol. The van der Waals surface area contributed by atoms with Crippen molar-refractivity contribution in [3.05, 3.63) is 107 Å². The number of hydrogen-bond donors (Lipinski definition) is 1. The summed E-state index contributed by atoms with van der Waals surface area (Å²) in [4.78, 5) is 16.8. The first kappa shape index (κ1) is 28.0. The average molecular weight is 529 g/mol. The second-order valence-electron chi connectivity index (χ2n) is 12.0. The van der Waals surface area contributed by atoms with Crippen LogP contribution in [-0.2, 0) is 21.3 Å². The van der Waals surface area contributed by atoms with E-state index in [9.17, 15) is 5.26 Å². The van der Waals surface area contributed by atoms with Crippen LogP contribution in [0.1, 0.15) is 117 Å². The zero-order valence-electron chi connectivity index (χ0n) is 23.5. The number of benzene rings is 3. The molecule has 0 radical (unpaired) electrons. The van der Waals surface area contributed by atoms with E-state index in [1.165, 1.54) is 62.5 Å². The molecule has 208 valence electrons. The highest BCUT2D eigenvalue weighted by atomic mass is 17.2. The summed E-state index contributed by atoms with van der Waals surface area (Å²) >= 11 is 0. The first-order valence-corrected chi connectivity index (χ1v) is 14.9. The van der Waals surface area contributed by atoms with Gasteiger partial charge in [0.05, 0.1) is 0 Å². The summed E-state index contributed by atoms with van der Waals surface area (Å²) in [6.07, 6.45) is 8.92. The van der Waals surface area contributed by atoms with Gasteiger partial charge in [-0.3, -0.25) is 5.26 Å². The molecule has 3 aromatic carbocycles. The van der Waals surface area contributed by atoms with Crippen LogP contribution in [0.2, 0.25) is 0 Å². The lowest BCUT2D eigenvalue weighted by Crippen LogP contribution is -2.18. The lowest BCUT2D eigenvalue weighted by molar-refractivity contribution is -0.387. The standard InChI is InChI=1S/C35H44O4/c1-25-8-14-28(15-9-25)30-18-12-27(13-19-30)24-37-39-35(32-6-4-3-5-7-32)34(38-36)33-22-20-31(21-23-33)29-16-10-26(2)11-17-29/h3-7,12-13,18-23,25-26,28-29,34-36H,8-11,14-17,24H2,1-2H3. The minimum absolute atomic E-state index is 0.322. The van der Waals surface area contributed by atoms with Crippen molar-refractivity contribution in [1.82, 2.24) is 0 Å². The van der Waals surface area contributed by atoms with Gasteiger partial charge in [0.1, 0.15) is 6.61 Å². The predicted octanol–water partition coefficient (Wildman–Crippen LogP) is 9.69. The van der Waals surface area contributed by atoms with Gasteiger partial charge in [-0.05, 0) is 77.2 Å². The van der Waals surface area contributed by atoms with Crippen LogP contribution in [0.15, 0.2) is 78.9 Å². The van der Waals surface area contributed by atoms with Crippen LogP contribution >= 0.6 is 0 Å².